The first kappa shape index (κ1) is 16.8. The Morgan fingerprint density at radius 2 is 1.96 bits per heavy atom. The van der Waals surface area contributed by atoms with Crippen LogP contribution in [0.5, 0.6) is 0 Å². The molecular weight excluding hydrogens is 320 g/mol. The second-order valence-electron chi connectivity index (χ2n) is 6.20. The third-order valence-corrected chi connectivity index (χ3v) is 4.18. The molecule has 0 saturated heterocycles. The molecule has 25 heavy (non-hydrogen) atoms. The normalized spacial score (nSPS) is 11.2. The van der Waals surface area contributed by atoms with Crippen LogP contribution in [0.4, 0.5) is 0 Å². The second kappa shape index (κ2) is 6.84. The van der Waals surface area contributed by atoms with E-state index in [9.17, 15) is 9.59 Å². The second-order valence-corrected chi connectivity index (χ2v) is 6.20. The summed E-state index contributed by atoms with van der Waals surface area (Å²) >= 11 is 0. The maximum atomic E-state index is 12.9. The molecular formula is C19H20N2O4. The molecule has 0 aliphatic heterocycles. The van der Waals surface area contributed by atoms with Gasteiger partial charge >= 0.3 is 5.97 Å². The van der Waals surface area contributed by atoms with Crippen molar-refractivity contribution < 1.29 is 19.1 Å². The predicted octanol–water partition coefficient (Wildman–Crippen LogP) is 3.55. The van der Waals surface area contributed by atoms with E-state index in [-0.39, 0.29) is 17.5 Å². The molecule has 130 valence electrons. The monoisotopic (exact) mass is 340 g/mol. The summed E-state index contributed by atoms with van der Waals surface area (Å²) in [7, 11) is 0. The van der Waals surface area contributed by atoms with Gasteiger partial charge in [-0.2, -0.15) is 0 Å². The largest absolute Gasteiger partial charge is 0.477 e. The number of carboxylic acid groups (broad SMARTS) is 1. The number of hydrogen-bond acceptors (Lipinski definition) is 3. The number of benzene rings is 1. The molecule has 2 aromatic heterocycles. The van der Waals surface area contributed by atoms with Crippen molar-refractivity contribution in [2.75, 3.05) is 6.54 Å². The molecule has 2 N–H and O–H groups in total. The molecule has 0 radical (unpaired) electrons. The molecule has 3 rings (SSSR count). The zero-order chi connectivity index (χ0) is 18.0. The molecule has 1 amide bonds. The van der Waals surface area contributed by atoms with E-state index in [0.29, 0.717) is 23.3 Å². The van der Waals surface area contributed by atoms with Gasteiger partial charge in [0, 0.05) is 18.7 Å². The molecule has 0 saturated carbocycles. The fourth-order valence-electron chi connectivity index (χ4n) is 2.83. The van der Waals surface area contributed by atoms with Crippen LogP contribution < -0.4 is 0 Å². The number of carbonyl (C=O) groups excluding carboxylic acids is 1. The average molecular weight is 340 g/mol. The number of carboxylic acids is 1. The SMILES string of the molecule is CC(C)N(CCc1ccccc1)C(=O)c1cc2occ(C(=O)O)c2[nH]1. The Hall–Kier alpha value is -3.02. The Balaban J connectivity index is 1.81. The number of carbonyl (C=O) groups is 2. The summed E-state index contributed by atoms with van der Waals surface area (Å²) in [5.74, 6) is -1.27. The zero-order valence-electron chi connectivity index (χ0n) is 14.2. The van der Waals surface area contributed by atoms with Gasteiger partial charge in [0.15, 0.2) is 5.58 Å². The van der Waals surface area contributed by atoms with Crippen molar-refractivity contribution in [1.29, 1.82) is 0 Å². The van der Waals surface area contributed by atoms with Crippen molar-refractivity contribution in [3.05, 3.63) is 59.5 Å². The molecule has 3 aromatic rings. The van der Waals surface area contributed by atoms with Crippen LogP contribution in [0.15, 0.2) is 47.1 Å². The van der Waals surface area contributed by atoms with Gasteiger partial charge in [-0.25, -0.2) is 4.79 Å². The molecule has 0 unspecified atom stereocenters. The van der Waals surface area contributed by atoms with E-state index in [2.05, 4.69) is 4.98 Å². The number of furan rings is 1. The summed E-state index contributed by atoms with van der Waals surface area (Å²) in [6, 6.07) is 11.6. The summed E-state index contributed by atoms with van der Waals surface area (Å²) in [5.41, 5.74) is 2.22. The number of amides is 1. The predicted molar refractivity (Wildman–Crippen MR) is 93.8 cm³/mol. The Labute approximate surface area is 145 Å². The van der Waals surface area contributed by atoms with Gasteiger partial charge < -0.3 is 19.4 Å². The maximum absolute atomic E-state index is 12.9. The lowest BCUT2D eigenvalue weighted by atomic mass is 10.1. The van der Waals surface area contributed by atoms with Crippen LogP contribution in [0.3, 0.4) is 0 Å². The Morgan fingerprint density at radius 1 is 1.24 bits per heavy atom. The highest BCUT2D eigenvalue weighted by Crippen LogP contribution is 2.23. The third kappa shape index (κ3) is 3.42. The lowest BCUT2D eigenvalue weighted by molar-refractivity contribution is 0.0687. The quantitative estimate of drug-likeness (QED) is 0.718. The summed E-state index contributed by atoms with van der Waals surface area (Å²) in [5, 5.41) is 9.15. The molecule has 1 aromatic carbocycles. The Bertz CT molecular complexity index is 893. The van der Waals surface area contributed by atoms with Gasteiger partial charge in [-0.1, -0.05) is 30.3 Å². The van der Waals surface area contributed by atoms with Crippen molar-refractivity contribution in [2.24, 2.45) is 0 Å². The fourth-order valence-corrected chi connectivity index (χ4v) is 2.83. The first-order valence-electron chi connectivity index (χ1n) is 8.15. The molecule has 0 aliphatic rings. The number of aromatic nitrogens is 1. The number of H-pyrrole nitrogens is 1. The van der Waals surface area contributed by atoms with Gasteiger partial charge in [-0.3, -0.25) is 4.79 Å². The number of fused-ring (bicyclic) bond motifs is 1. The number of hydrogen-bond donors (Lipinski definition) is 2. The van der Waals surface area contributed by atoms with Crippen LogP contribution in [-0.2, 0) is 6.42 Å². The van der Waals surface area contributed by atoms with E-state index < -0.39 is 5.97 Å². The number of nitrogens with one attached hydrogen (secondary N) is 1. The minimum Gasteiger partial charge on any atom is -0.477 e. The van der Waals surface area contributed by atoms with Crippen molar-refractivity contribution in [1.82, 2.24) is 9.88 Å². The van der Waals surface area contributed by atoms with Crippen molar-refractivity contribution >= 4 is 23.0 Å². The number of rotatable bonds is 6. The number of aromatic amines is 1. The topological polar surface area (TPSA) is 86.5 Å². The Kier molecular flexibility index (Phi) is 4.61. The van der Waals surface area contributed by atoms with Crippen LogP contribution in [0, 0.1) is 0 Å². The highest BCUT2D eigenvalue weighted by atomic mass is 16.4. The smallest absolute Gasteiger partial charge is 0.341 e. The fraction of sp³-hybridized carbons (Fsp3) is 0.263. The third-order valence-electron chi connectivity index (χ3n) is 4.18. The van der Waals surface area contributed by atoms with Crippen LogP contribution in [0.1, 0.15) is 40.3 Å². The average Bonchev–Trinajstić information content (AvgIpc) is 3.15. The lowest BCUT2D eigenvalue weighted by Gasteiger charge is -2.26. The Morgan fingerprint density at radius 3 is 2.60 bits per heavy atom. The van der Waals surface area contributed by atoms with E-state index in [1.54, 1.807) is 11.0 Å². The minimum atomic E-state index is -1.09. The maximum Gasteiger partial charge on any atom is 0.341 e. The highest BCUT2D eigenvalue weighted by Gasteiger charge is 2.23. The molecule has 0 bridgehead atoms. The van der Waals surface area contributed by atoms with Crippen LogP contribution >= 0.6 is 0 Å². The molecule has 0 fully saturated rings. The van der Waals surface area contributed by atoms with Gasteiger partial charge in [-0.05, 0) is 25.8 Å². The van der Waals surface area contributed by atoms with E-state index in [1.807, 2.05) is 44.2 Å². The van der Waals surface area contributed by atoms with Gasteiger partial charge in [0.1, 0.15) is 17.5 Å². The summed E-state index contributed by atoms with van der Waals surface area (Å²) < 4.78 is 5.23. The zero-order valence-corrected chi connectivity index (χ0v) is 14.2. The first-order valence-corrected chi connectivity index (χ1v) is 8.15. The summed E-state index contributed by atoms with van der Waals surface area (Å²) in [4.78, 5) is 28.7. The van der Waals surface area contributed by atoms with E-state index in [4.69, 9.17) is 9.52 Å². The van der Waals surface area contributed by atoms with Crippen LogP contribution in [0.2, 0.25) is 0 Å². The van der Waals surface area contributed by atoms with Crippen molar-refractivity contribution in [2.45, 2.75) is 26.3 Å². The van der Waals surface area contributed by atoms with Crippen LogP contribution in [-0.4, -0.2) is 39.5 Å². The van der Waals surface area contributed by atoms with Gasteiger partial charge in [0.05, 0.1) is 5.52 Å². The number of nitrogens with zero attached hydrogens (tertiary/aromatic N) is 1. The number of aromatic carboxylic acids is 1. The summed E-state index contributed by atoms with van der Waals surface area (Å²) in [6.45, 7) is 4.49. The van der Waals surface area contributed by atoms with E-state index in [0.717, 1.165) is 12.0 Å². The van der Waals surface area contributed by atoms with Crippen LogP contribution in [0.25, 0.3) is 11.1 Å². The first-order chi connectivity index (χ1) is 12.0. The summed E-state index contributed by atoms with van der Waals surface area (Å²) in [6.07, 6.45) is 1.93. The van der Waals surface area contributed by atoms with Gasteiger partial charge in [-0.15, -0.1) is 0 Å². The van der Waals surface area contributed by atoms with E-state index in [1.165, 1.54) is 6.26 Å². The molecule has 2 heterocycles. The van der Waals surface area contributed by atoms with Crippen molar-refractivity contribution in [3.8, 4) is 0 Å². The van der Waals surface area contributed by atoms with E-state index >= 15 is 0 Å². The molecule has 0 spiro atoms. The van der Waals surface area contributed by atoms with Gasteiger partial charge in [0.2, 0.25) is 0 Å². The molecule has 0 atom stereocenters. The van der Waals surface area contributed by atoms with Gasteiger partial charge in [0.25, 0.3) is 5.91 Å². The lowest BCUT2D eigenvalue weighted by Crippen LogP contribution is -2.38. The molecule has 6 nitrogen and oxygen atoms in total. The standard InChI is InChI=1S/C19H20N2O4/c1-12(2)21(9-8-13-6-4-3-5-7-13)18(22)15-10-16-17(20-15)14(11-25-16)19(23)24/h3-7,10-12,20H,8-9H2,1-2H3,(H,23,24). The molecule has 0 aliphatic carbocycles. The van der Waals surface area contributed by atoms with Crippen molar-refractivity contribution in [3.63, 3.8) is 0 Å². The minimum absolute atomic E-state index is 0.0183. The highest BCUT2D eigenvalue weighted by molar-refractivity contribution is 6.04. The molecule has 6 heteroatoms.